The van der Waals surface area contributed by atoms with Gasteiger partial charge in [0.05, 0.1) is 39.9 Å². The third-order valence-electron chi connectivity index (χ3n) is 12.2. The number of aliphatic hydroxyl groups excluding tert-OH is 1. The number of phosphoric ester groups is 1. The number of quaternary nitrogens is 1. The fourth-order valence-corrected chi connectivity index (χ4v) is 8.49. The van der Waals surface area contributed by atoms with Gasteiger partial charge in [-0.25, -0.2) is 4.57 Å². The lowest BCUT2D eigenvalue weighted by atomic mass is 10.0. The Labute approximate surface area is 438 Å². The molecule has 0 rings (SSSR count). The SMILES string of the molecule is CC/C=C\C/C=C\C/C=C\C/C=C\C/C=C\C/C=C\C/C=C\CCCC(=O)NC(COP(=O)(O)OCC[N+](C)(C)C)C(O)/C=C/CC/C=C/CCCCCCCCCCCCCCCCCCCCCC. The molecule has 0 aromatic carbocycles. The van der Waals surface area contributed by atoms with Crippen LogP contribution in [0.2, 0.25) is 0 Å². The van der Waals surface area contributed by atoms with Crippen LogP contribution in [0.4, 0.5) is 0 Å². The molecule has 0 bridgehead atoms. The first-order valence-electron chi connectivity index (χ1n) is 28.8. The fourth-order valence-electron chi connectivity index (χ4n) is 7.75. The highest BCUT2D eigenvalue weighted by molar-refractivity contribution is 7.47. The van der Waals surface area contributed by atoms with Crippen LogP contribution in [0.15, 0.2) is 109 Å². The number of rotatable bonds is 51. The van der Waals surface area contributed by atoms with Gasteiger partial charge in [0, 0.05) is 6.42 Å². The molecular weight excluding hydrogens is 900 g/mol. The largest absolute Gasteiger partial charge is 0.472 e. The smallest absolute Gasteiger partial charge is 0.387 e. The minimum Gasteiger partial charge on any atom is -0.387 e. The molecule has 0 fully saturated rings. The molecule has 0 aromatic heterocycles. The van der Waals surface area contributed by atoms with Gasteiger partial charge >= 0.3 is 7.82 Å². The lowest BCUT2D eigenvalue weighted by molar-refractivity contribution is -0.870. The number of phosphoric acid groups is 1. The molecule has 1 amide bonds. The van der Waals surface area contributed by atoms with E-state index in [-0.39, 0.29) is 25.5 Å². The van der Waals surface area contributed by atoms with E-state index in [1.807, 2.05) is 27.2 Å². The Hall–Kier alpha value is -2.84. The topological polar surface area (TPSA) is 105 Å². The van der Waals surface area contributed by atoms with E-state index in [0.29, 0.717) is 17.4 Å². The van der Waals surface area contributed by atoms with E-state index < -0.39 is 20.0 Å². The molecule has 0 radical (unpaired) electrons. The molecule has 0 saturated carbocycles. The molecule has 0 saturated heterocycles. The third kappa shape index (κ3) is 54.8. The number of nitrogens with one attached hydrogen (secondary N) is 1. The van der Waals surface area contributed by atoms with E-state index >= 15 is 0 Å². The molecule has 0 heterocycles. The van der Waals surface area contributed by atoms with Crippen LogP contribution in [0.5, 0.6) is 0 Å². The molecule has 8 nitrogen and oxygen atoms in total. The maximum absolute atomic E-state index is 12.9. The zero-order valence-corrected chi connectivity index (χ0v) is 47.3. The number of likely N-dealkylation sites (N-methyl/N-ethyl adjacent to an activating group) is 1. The average molecular weight is 1010 g/mol. The number of amides is 1. The number of unbranched alkanes of at least 4 members (excludes halogenated alkanes) is 22. The quantitative estimate of drug-likeness (QED) is 0.0243. The Bertz CT molecular complexity index is 1520. The van der Waals surface area contributed by atoms with E-state index in [1.54, 1.807) is 6.08 Å². The Kier molecular flexibility index (Phi) is 50.0. The molecule has 9 heteroatoms. The molecular formula is C62H110N2O6P+. The standard InChI is InChI=1S/C62H109N2O6P/c1-6-8-10-12-14-16-18-20-22-24-26-28-30-31-32-34-35-37-39-41-43-45-47-49-51-53-55-61(65)60(59-70-71(67,68)69-58-57-64(3,4)5)63-62(66)56-54-52-50-48-46-44-42-40-38-36-33-29-27-25-23-21-19-17-15-13-11-9-7-2/h9,11,15,17,21,23,27,29,36,38,42,44-45,47-48,50,53,55,60-61,65H,6-8,10,12-14,16,18-20,22,24-26,28,30-35,37,39-41,43,46,49,51-52,54,56-59H2,1-5H3,(H-,63,66,67,68)/p+1/b11-9-,17-15-,23-21-,29-27-,38-36-,44-42-,47-45+,50-48-,55-53+. The van der Waals surface area contributed by atoms with Crippen molar-refractivity contribution < 1.29 is 32.9 Å². The van der Waals surface area contributed by atoms with E-state index in [4.69, 9.17) is 9.05 Å². The van der Waals surface area contributed by atoms with Crippen molar-refractivity contribution in [1.82, 2.24) is 5.32 Å². The fraction of sp³-hybridized carbons (Fsp3) is 0.694. The highest BCUT2D eigenvalue weighted by Gasteiger charge is 2.27. The van der Waals surface area contributed by atoms with Crippen LogP contribution in [0.3, 0.4) is 0 Å². The maximum Gasteiger partial charge on any atom is 0.472 e. The van der Waals surface area contributed by atoms with Crippen molar-refractivity contribution in [1.29, 1.82) is 0 Å². The van der Waals surface area contributed by atoms with Crippen molar-refractivity contribution >= 4 is 13.7 Å². The Morgan fingerprint density at radius 2 is 0.859 bits per heavy atom. The molecule has 3 atom stereocenters. The lowest BCUT2D eigenvalue weighted by Crippen LogP contribution is -2.45. The molecule has 0 aromatic rings. The highest BCUT2D eigenvalue weighted by atomic mass is 31.2. The summed E-state index contributed by atoms with van der Waals surface area (Å²) in [5, 5.41) is 13.9. The summed E-state index contributed by atoms with van der Waals surface area (Å²) in [5.41, 5.74) is 0. The van der Waals surface area contributed by atoms with Gasteiger partial charge in [-0.15, -0.1) is 0 Å². The number of aliphatic hydroxyl groups is 1. The van der Waals surface area contributed by atoms with Crippen LogP contribution < -0.4 is 5.32 Å². The first-order chi connectivity index (χ1) is 34.5. The highest BCUT2D eigenvalue weighted by Crippen LogP contribution is 2.43. The van der Waals surface area contributed by atoms with Crippen LogP contribution in [0.1, 0.15) is 226 Å². The first-order valence-corrected chi connectivity index (χ1v) is 30.3. The molecule has 0 aliphatic rings. The van der Waals surface area contributed by atoms with Gasteiger partial charge in [-0.1, -0.05) is 245 Å². The van der Waals surface area contributed by atoms with Gasteiger partial charge in [0.1, 0.15) is 13.2 Å². The van der Waals surface area contributed by atoms with Crippen LogP contribution >= 0.6 is 7.82 Å². The maximum atomic E-state index is 12.9. The summed E-state index contributed by atoms with van der Waals surface area (Å²) in [6.07, 6.45) is 76.4. The Morgan fingerprint density at radius 1 is 0.493 bits per heavy atom. The van der Waals surface area contributed by atoms with E-state index in [0.717, 1.165) is 70.6 Å². The molecule has 3 unspecified atom stereocenters. The second kappa shape index (κ2) is 52.0. The summed E-state index contributed by atoms with van der Waals surface area (Å²) in [5.74, 6) is -0.247. The summed E-state index contributed by atoms with van der Waals surface area (Å²) in [7, 11) is 1.50. The molecule has 0 spiro atoms. The van der Waals surface area contributed by atoms with E-state index in [1.165, 1.54) is 128 Å². The number of nitrogens with zero attached hydrogens (tertiary/aromatic N) is 1. The number of carbonyl (C=O) groups is 1. The second-order valence-corrected chi connectivity index (χ2v) is 21.7. The van der Waals surface area contributed by atoms with Crippen molar-refractivity contribution in [2.45, 2.75) is 238 Å². The van der Waals surface area contributed by atoms with Gasteiger partial charge in [-0.05, 0) is 83.5 Å². The van der Waals surface area contributed by atoms with Gasteiger partial charge in [0.15, 0.2) is 0 Å². The Morgan fingerprint density at radius 3 is 1.30 bits per heavy atom. The third-order valence-corrected chi connectivity index (χ3v) is 13.2. The normalized spacial score (nSPS) is 14.7. The van der Waals surface area contributed by atoms with E-state index in [2.05, 4.69) is 116 Å². The zero-order valence-electron chi connectivity index (χ0n) is 46.4. The van der Waals surface area contributed by atoms with Gasteiger partial charge in [0.2, 0.25) is 5.91 Å². The number of carbonyl (C=O) groups excluding carboxylic acids is 1. The first kappa shape index (κ1) is 68.2. The van der Waals surface area contributed by atoms with Crippen LogP contribution in [-0.4, -0.2) is 73.4 Å². The average Bonchev–Trinajstić information content (AvgIpc) is 3.33. The number of allylic oxidation sites excluding steroid dienone is 17. The summed E-state index contributed by atoms with van der Waals surface area (Å²) in [6.45, 7) is 4.64. The second-order valence-electron chi connectivity index (χ2n) is 20.3. The van der Waals surface area contributed by atoms with Crippen molar-refractivity contribution in [3.8, 4) is 0 Å². The monoisotopic (exact) mass is 1010 g/mol. The molecule has 0 aliphatic carbocycles. The van der Waals surface area contributed by atoms with Crippen LogP contribution in [0.25, 0.3) is 0 Å². The molecule has 408 valence electrons. The number of hydrogen-bond acceptors (Lipinski definition) is 5. The molecule has 0 aliphatic heterocycles. The van der Waals surface area contributed by atoms with Gasteiger partial charge in [-0.3, -0.25) is 13.8 Å². The van der Waals surface area contributed by atoms with Crippen molar-refractivity contribution in [3.63, 3.8) is 0 Å². The summed E-state index contributed by atoms with van der Waals surface area (Å²) in [6, 6.07) is -0.903. The van der Waals surface area contributed by atoms with Crippen molar-refractivity contribution in [2.24, 2.45) is 0 Å². The minimum atomic E-state index is -4.38. The van der Waals surface area contributed by atoms with Crippen LogP contribution in [0, 0.1) is 0 Å². The molecule has 3 N–H and O–H groups in total. The van der Waals surface area contributed by atoms with Gasteiger partial charge in [0.25, 0.3) is 0 Å². The van der Waals surface area contributed by atoms with E-state index in [9.17, 15) is 19.4 Å². The van der Waals surface area contributed by atoms with Gasteiger partial charge in [-0.2, -0.15) is 0 Å². The summed E-state index contributed by atoms with van der Waals surface area (Å²) >= 11 is 0. The van der Waals surface area contributed by atoms with Crippen molar-refractivity contribution in [3.05, 3.63) is 109 Å². The Balaban J connectivity index is 4.39. The van der Waals surface area contributed by atoms with Crippen molar-refractivity contribution in [2.75, 3.05) is 40.9 Å². The lowest BCUT2D eigenvalue weighted by Gasteiger charge is -2.25. The molecule has 71 heavy (non-hydrogen) atoms. The number of hydrogen-bond donors (Lipinski definition) is 3. The van der Waals surface area contributed by atoms with Crippen LogP contribution in [-0.2, 0) is 18.4 Å². The van der Waals surface area contributed by atoms with Gasteiger partial charge < -0.3 is 19.8 Å². The zero-order chi connectivity index (χ0) is 52.0. The predicted molar refractivity (Wildman–Crippen MR) is 309 cm³/mol. The minimum absolute atomic E-state index is 0.0392. The predicted octanol–water partition coefficient (Wildman–Crippen LogP) is 17.6. The summed E-state index contributed by atoms with van der Waals surface area (Å²) in [4.78, 5) is 23.3. The summed E-state index contributed by atoms with van der Waals surface area (Å²) < 4.78 is 23.7.